The van der Waals surface area contributed by atoms with E-state index in [0.717, 1.165) is 19.3 Å². The summed E-state index contributed by atoms with van der Waals surface area (Å²) in [6.07, 6.45) is 4.01. The Morgan fingerprint density at radius 1 is 1.42 bits per heavy atom. The van der Waals surface area contributed by atoms with E-state index in [0.29, 0.717) is 17.5 Å². The number of carbonyl (C=O) groups excluding carboxylic acids is 1. The summed E-state index contributed by atoms with van der Waals surface area (Å²) in [5.41, 5.74) is 0.700. The van der Waals surface area contributed by atoms with E-state index in [1.54, 1.807) is 12.1 Å². The molecule has 2 fully saturated rings. The fourth-order valence-electron chi connectivity index (χ4n) is 2.88. The average molecular weight is 262 g/mol. The Kier molecular flexibility index (Phi) is 2.94. The third kappa shape index (κ3) is 2.19. The molecule has 100 valence electrons. The fourth-order valence-corrected chi connectivity index (χ4v) is 2.88. The maximum Gasteiger partial charge on any atom is 0.293 e. The molecule has 0 radical (unpaired) electrons. The molecule has 0 aromatic heterocycles. The van der Waals surface area contributed by atoms with E-state index < -0.39 is 4.92 Å². The Labute approximate surface area is 109 Å². The van der Waals surface area contributed by atoms with Gasteiger partial charge in [0.15, 0.2) is 0 Å². The van der Waals surface area contributed by atoms with Crippen molar-refractivity contribution in [3.8, 4) is 0 Å². The van der Waals surface area contributed by atoms with Gasteiger partial charge in [0, 0.05) is 11.6 Å². The van der Waals surface area contributed by atoms with Gasteiger partial charge in [0.2, 0.25) is 0 Å². The molecule has 2 aliphatic heterocycles. The number of aldehydes is 1. The van der Waals surface area contributed by atoms with Crippen LogP contribution in [0.1, 0.15) is 29.6 Å². The summed E-state index contributed by atoms with van der Waals surface area (Å²) in [5.74, 6) is 0. The minimum Gasteiger partial charge on any atom is -0.374 e. The Balaban J connectivity index is 1.84. The van der Waals surface area contributed by atoms with Gasteiger partial charge in [-0.05, 0) is 31.4 Å². The molecule has 6 nitrogen and oxygen atoms in total. The molecule has 19 heavy (non-hydrogen) atoms. The van der Waals surface area contributed by atoms with Gasteiger partial charge in [0.25, 0.3) is 5.69 Å². The van der Waals surface area contributed by atoms with E-state index in [2.05, 4.69) is 5.32 Å². The lowest BCUT2D eigenvalue weighted by molar-refractivity contribution is -0.384. The van der Waals surface area contributed by atoms with Crippen LogP contribution in [0.4, 0.5) is 11.4 Å². The third-order valence-electron chi connectivity index (χ3n) is 3.80. The van der Waals surface area contributed by atoms with Crippen molar-refractivity contribution in [2.75, 3.05) is 5.32 Å². The molecule has 2 heterocycles. The summed E-state index contributed by atoms with van der Waals surface area (Å²) < 4.78 is 5.71. The number of fused-ring (bicyclic) bond motifs is 2. The van der Waals surface area contributed by atoms with Crippen molar-refractivity contribution in [1.82, 2.24) is 0 Å². The van der Waals surface area contributed by atoms with Crippen molar-refractivity contribution in [2.45, 2.75) is 37.5 Å². The zero-order valence-electron chi connectivity index (χ0n) is 10.2. The van der Waals surface area contributed by atoms with Crippen molar-refractivity contribution < 1.29 is 14.5 Å². The van der Waals surface area contributed by atoms with Gasteiger partial charge in [0.1, 0.15) is 12.0 Å². The van der Waals surface area contributed by atoms with Crippen LogP contribution in [-0.4, -0.2) is 29.5 Å². The summed E-state index contributed by atoms with van der Waals surface area (Å²) in [4.78, 5) is 21.3. The molecule has 6 heteroatoms. The molecule has 3 rings (SSSR count). The van der Waals surface area contributed by atoms with E-state index in [9.17, 15) is 14.9 Å². The van der Waals surface area contributed by atoms with E-state index in [-0.39, 0.29) is 23.9 Å². The maximum atomic E-state index is 11.0. The first kappa shape index (κ1) is 12.1. The first-order valence-electron chi connectivity index (χ1n) is 6.33. The van der Waals surface area contributed by atoms with Crippen molar-refractivity contribution in [3.05, 3.63) is 33.9 Å². The van der Waals surface area contributed by atoms with E-state index >= 15 is 0 Å². The number of carbonyl (C=O) groups is 1. The highest BCUT2D eigenvalue weighted by Gasteiger charge is 2.41. The lowest BCUT2D eigenvalue weighted by Gasteiger charge is -2.21. The highest BCUT2D eigenvalue weighted by atomic mass is 16.6. The molecule has 0 saturated carbocycles. The zero-order chi connectivity index (χ0) is 13.4. The van der Waals surface area contributed by atoms with Gasteiger partial charge < -0.3 is 10.1 Å². The second-order valence-electron chi connectivity index (χ2n) is 5.01. The summed E-state index contributed by atoms with van der Waals surface area (Å²) in [6, 6.07) is 4.59. The summed E-state index contributed by atoms with van der Waals surface area (Å²) in [6.45, 7) is 0. The molecule has 1 aromatic carbocycles. The number of benzene rings is 1. The summed E-state index contributed by atoms with van der Waals surface area (Å²) in [5, 5.41) is 14.2. The Morgan fingerprint density at radius 2 is 2.26 bits per heavy atom. The molecule has 1 aromatic rings. The first-order valence-corrected chi connectivity index (χ1v) is 6.33. The van der Waals surface area contributed by atoms with Crippen LogP contribution in [0.5, 0.6) is 0 Å². The molecular formula is C13H14N2O4. The largest absolute Gasteiger partial charge is 0.374 e. The molecule has 2 bridgehead atoms. The minimum atomic E-state index is -0.469. The summed E-state index contributed by atoms with van der Waals surface area (Å²) in [7, 11) is 0. The monoisotopic (exact) mass is 262 g/mol. The van der Waals surface area contributed by atoms with Crippen molar-refractivity contribution >= 4 is 17.7 Å². The van der Waals surface area contributed by atoms with Gasteiger partial charge in [-0.3, -0.25) is 14.9 Å². The highest BCUT2D eigenvalue weighted by molar-refractivity contribution is 5.79. The van der Waals surface area contributed by atoms with Gasteiger partial charge >= 0.3 is 0 Å². The smallest absolute Gasteiger partial charge is 0.293 e. The quantitative estimate of drug-likeness (QED) is 0.510. The van der Waals surface area contributed by atoms with Crippen LogP contribution >= 0.6 is 0 Å². The summed E-state index contributed by atoms with van der Waals surface area (Å²) >= 11 is 0. The molecule has 0 spiro atoms. The lowest BCUT2D eigenvalue weighted by Crippen LogP contribution is -2.30. The van der Waals surface area contributed by atoms with Gasteiger partial charge in [-0.1, -0.05) is 0 Å². The van der Waals surface area contributed by atoms with Gasteiger partial charge in [-0.25, -0.2) is 0 Å². The minimum absolute atomic E-state index is 0.0626. The molecule has 0 amide bonds. The lowest BCUT2D eigenvalue weighted by atomic mass is 9.95. The van der Waals surface area contributed by atoms with Crippen molar-refractivity contribution in [1.29, 1.82) is 0 Å². The number of nitrogens with zero attached hydrogens (tertiary/aromatic N) is 1. The molecule has 3 unspecified atom stereocenters. The van der Waals surface area contributed by atoms with E-state index in [1.165, 1.54) is 6.07 Å². The number of rotatable bonds is 4. The number of nitro benzene ring substituents is 1. The highest BCUT2D eigenvalue weighted by Crippen LogP contribution is 2.37. The molecule has 2 saturated heterocycles. The SMILES string of the molecule is O=Cc1ccc(NC2CC3CCC2O3)c([N+](=O)[O-])c1. The van der Waals surface area contributed by atoms with Gasteiger partial charge in [0.05, 0.1) is 23.2 Å². The van der Waals surface area contributed by atoms with Crippen LogP contribution in [0.3, 0.4) is 0 Å². The number of hydrogen-bond acceptors (Lipinski definition) is 5. The van der Waals surface area contributed by atoms with Crippen LogP contribution in [0.25, 0.3) is 0 Å². The number of ether oxygens (including phenoxy) is 1. The molecular weight excluding hydrogens is 248 g/mol. The van der Waals surface area contributed by atoms with Crippen LogP contribution < -0.4 is 5.32 Å². The molecule has 3 atom stereocenters. The van der Waals surface area contributed by atoms with Crippen LogP contribution in [0, 0.1) is 10.1 Å². The average Bonchev–Trinajstić information content (AvgIpc) is 3.01. The van der Waals surface area contributed by atoms with E-state index in [1.807, 2.05) is 0 Å². The predicted molar refractivity (Wildman–Crippen MR) is 68.4 cm³/mol. The van der Waals surface area contributed by atoms with Crippen LogP contribution in [0.15, 0.2) is 18.2 Å². The van der Waals surface area contributed by atoms with Gasteiger partial charge in [-0.2, -0.15) is 0 Å². The zero-order valence-corrected chi connectivity index (χ0v) is 10.2. The first-order chi connectivity index (χ1) is 9.17. The Morgan fingerprint density at radius 3 is 2.84 bits per heavy atom. The van der Waals surface area contributed by atoms with Gasteiger partial charge in [-0.15, -0.1) is 0 Å². The number of anilines is 1. The number of hydrogen-bond donors (Lipinski definition) is 1. The third-order valence-corrected chi connectivity index (χ3v) is 3.80. The van der Waals surface area contributed by atoms with Crippen molar-refractivity contribution in [3.63, 3.8) is 0 Å². The maximum absolute atomic E-state index is 11.0. The number of nitro groups is 1. The second-order valence-corrected chi connectivity index (χ2v) is 5.01. The molecule has 2 aliphatic rings. The Bertz CT molecular complexity index is 531. The Hall–Kier alpha value is -1.95. The topological polar surface area (TPSA) is 81.5 Å². The second kappa shape index (κ2) is 4.62. The van der Waals surface area contributed by atoms with E-state index in [4.69, 9.17) is 4.74 Å². The molecule has 1 N–H and O–H groups in total. The fraction of sp³-hybridized carbons (Fsp3) is 0.462. The standard InChI is InChI=1S/C13H14N2O4/c16-7-8-1-3-10(12(5-8)15(17)18)14-11-6-9-2-4-13(11)19-9/h1,3,5,7,9,11,13-14H,2,4,6H2. The normalized spacial score (nSPS) is 28.3. The molecule has 0 aliphatic carbocycles. The predicted octanol–water partition coefficient (Wildman–Crippen LogP) is 2.14. The van der Waals surface area contributed by atoms with Crippen LogP contribution in [0.2, 0.25) is 0 Å². The van der Waals surface area contributed by atoms with Crippen molar-refractivity contribution in [2.24, 2.45) is 0 Å². The number of nitrogens with one attached hydrogen (secondary N) is 1. The van der Waals surface area contributed by atoms with Crippen LogP contribution in [-0.2, 0) is 4.74 Å².